The van der Waals surface area contributed by atoms with Crippen molar-refractivity contribution in [1.29, 1.82) is 0 Å². The highest BCUT2D eigenvalue weighted by Crippen LogP contribution is 2.50. The van der Waals surface area contributed by atoms with E-state index in [1.165, 1.54) is 4.90 Å². The average molecular weight is 430 g/mol. The summed E-state index contributed by atoms with van der Waals surface area (Å²) in [6.07, 6.45) is 0.392. The second-order valence-corrected chi connectivity index (χ2v) is 10.6. The van der Waals surface area contributed by atoms with Crippen LogP contribution in [0.25, 0.3) is 0 Å². The van der Waals surface area contributed by atoms with Crippen LogP contribution in [-0.4, -0.2) is 44.4 Å². The molecule has 2 bridgehead atoms. The van der Waals surface area contributed by atoms with Gasteiger partial charge in [0.25, 0.3) is 0 Å². The first-order chi connectivity index (χ1) is 14.1. The van der Waals surface area contributed by atoms with Gasteiger partial charge in [0, 0.05) is 24.9 Å². The van der Waals surface area contributed by atoms with Gasteiger partial charge in [-0.15, -0.1) is 0 Å². The van der Waals surface area contributed by atoms with E-state index in [2.05, 4.69) is 13.8 Å². The third-order valence-electron chi connectivity index (χ3n) is 6.40. The van der Waals surface area contributed by atoms with Crippen LogP contribution in [0.1, 0.15) is 50.2 Å². The van der Waals surface area contributed by atoms with Gasteiger partial charge in [0.15, 0.2) is 20.8 Å². The number of hydrogen-bond acceptors (Lipinski definition) is 5. The number of amides is 1. The van der Waals surface area contributed by atoms with Crippen molar-refractivity contribution in [2.24, 2.45) is 0 Å². The molecule has 0 aliphatic carbocycles. The van der Waals surface area contributed by atoms with E-state index in [0.29, 0.717) is 29.4 Å². The summed E-state index contributed by atoms with van der Waals surface area (Å²) in [5, 5.41) is -1.21. The van der Waals surface area contributed by atoms with Crippen LogP contribution in [0.3, 0.4) is 0 Å². The molecule has 3 atom stereocenters. The highest BCUT2D eigenvalue weighted by atomic mass is 32.2. The van der Waals surface area contributed by atoms with Gasteiger partial charge in [-0.2, -0.15) is 0 Å². The van der Waals surface area contributed by atoms with Crippen molar-refractivity contribution < 1.29 is 22.7 Å². The normalized spacial score (nSPS) is 25.7. The highest BCUT2D eigenvalue weighted by molar-refractivity contribution is 7.92. The molecule has 2 aliphatic rings. The number of sulfone groups is 1. The number of piperidine rings is 1. The SMILES string of the molecule is COc1ccc2c(c1)C1CC(C)(O2)N(C)C(=O)C1S(=O)(=O)c1ccc(C(C)C)cc1. The maximum absolute atomic E-state index is 13.7. The molecule has 2 aliphatic heterocycles. The fourth-order valence-electron chi connectivity index (χ4n) is 4.44. The lowest BCUT2D eigenvalue weighted by atomic mass is 9.80. The van der Waals surface area contributed by atoms with Gasteiger partial charge in [-0.1, -0.05) is 26.0 Å². The number of likely N-dealkylation sites (tertiary alicyclic amines) is 1. The fourth-order valence-corrected chi connectivity index (χ4v) is 6.35. The molecule has 0 aromatic heterocycles. The van der Waals surface area contributed by atoms with Crippen molar-refractivity contribution in [2.45, 2.75) is 54.9 Å². The third-order valence-corrected chi connectivity index (χ3v) is 8.53. The molecular formula is C23H27NO5S. The average Bonchev–Trinajstić information content (AvgIpc) is 2.72. The first kappa shape index (κ1) is 20.7. The van der Waals surface area contributed by atoms with Gasteiger partial charge in [-0.05, 0) is 48.7 Å². The van der Waals surface area contributed by atoms with Crippen molar-refractivity contribution in [1.82, 2.24) is 4.90 Å². The number of carbonyl (C=O) groups excluding carboxylic acids is 1. The van der Waals surface area contributed by atoms with Gasteiger partial charge in [0.2, 0.25) is 5.91 Å². The van der Waals surface area contributed by atoms with Crippen LogP contribution in [0.2, 0.25) is 0 Å². The molecule has 4 rings (SSSR count). The molecule has 2 heterocycles. The van der Waals surface area contributed by atoms with Crippen molar-refractivity contribution in [3.05, 3.63) is 53.6 Å². The van der Waals surface area contributed by atoms with Crippen LogP contribution < -0.4 is 9.47 Å². The van der Waals surface area contributed by atoms with Crippen molar-refractivity contribution >= 4 is 15.7 Å². The summed E-state index contributed by atoms with van der Waals surface area (Å²) in [5.74, 6) is 0.510. The van der Waals surface area contributed by atoms with Gasteiger partial charge in [-0.3, -0.25) is 4.79 Å². The van der Waals surface area contributed by atoms with Crippen LogP contribution in [0.15, 0.2) is 47.4 Å². The zero-order valence-electron chi connectivity index (χ0n) is 17.9. The second-order valence-electron chi connectivity index (χ2n) is 8.58. The summed E-state index contributed by atoms with van der Waals surface area (Å²) >= 11 is 0. The monoisotopic (exact) mass is 429 g/mol. The molecule has 0 saturated carbocycles. The molecule has 6 nitrogen and oxygen atoms in total. The minimum atomic E-state index is -3.91. The molecule has 0 spiro atoms. The Morgan fingerprint density at radius 3 is 2.43 bits per heavy atom. The van der Waals surface area contributed by atoms with E-state index >= 15 is 0 Å². The van der Waals surface area contributed by atoms with Crippen molar-refractivity contribution in [2.75, 3.05) is 14.2 Å². The van der Waals surface area contributed by atoms with Crippen LogP contribution in [-0.2, 0) is 14.6 Å². The number of methoxy groups -OCH3 is 1. The number of benzene rings is 2. The molecular weight excluding hydrogens is 402 g/mol. The Bertz CT molecular complexity index is 1090. The van der Waals surface area contributed by atoms with E-state index in [9.17, 15) is 13.2 Å². The Morgan fingerprint density at radius 1 is 1.17 bits per heavy atom. The smallest absolute Gasteiger partial charge is 0.244 e. The molecule has 0 radical (unpaired) electrons. The van der Waals surface area contributed by atoms with E-state index < -0.39 is 32.6 Å². The summed E-state index contributed by atoms with van der Waals surface area (Å²) in [4.78, 5) is 14.9. The van der Waals surface area contributed by atoms with E-state index in [-0.39, 0.29) is 4.90 Å². The quantitative estimate of drug-likeness (QED) is 0.741. The van der Waals surface area contributed by atoms with E-state index in [4.69, 9.17) is 9.47 Å². The zero-order valence-corrected chi connectivity index (χ0v) is 18.7. The lowest BCUT2D eigenvalue weighted by Gasteiger charge is -2.51. The predicted octanol–water partition coefficient (Wildman–Crippen LogP) is 3.72. The molecule has 2 aromatic carbocycles. The van der Waals surface area contributed by atoms with Crippen LogP contribution >= 0.6 is 0 Å². The summed E-state index contributed by atoms with van der Waals surface area (Å²) in [6.45, 7) is 5.93. The lowest BCUT2D eigenvalue weighted by molar-refractivity contribution is -0.159. The number of nitrogens with zero attached hydrogens (tertiary/aromatic N) is 1. The van der Waals surface area contributed by atoms with Crippen molar-refractivity contribution in [3.8, 4) is 11.5 Å². The molecule has 3 unspecified atom stereocenters. The highest BCUT2D eigenvalue weighted by Gasteiger charge is 2.57. The van der Waals surface area contributed by atoms with E-state index in [1.807, 2.05) is 19.1 Å². The van der Waals surface area contributed by atoms with Crippen LogP contribution in [0.4, 0.5) is 0 Å². The number of ether oxygens (including phenoxy) is 2. The maximum Gasteiger partial charge on any atom is 0.244 e. The van der Waals surface area contributed by atoms with Gasteiger partial charge >= 0.3 is 0 Å². The Balaban J connectivity index is 1.85. The molecule has 7 heteroatoms. The second kappa shape index (κ2) is 7.01. The molecule has 160 valence electrons. The zero-order chi connectivity index (χ0) is 21.8. The van der Waals surface area contributed by atoms with E-state index in [1.54, 1.807) is 44.5 Å². The Kier molecular flexibility index (Phi) is 4.84. The summed E-state index contributed by atoms with van der Waals surface area (Å²) in [5.41, 5.74) is 0.854. The summed E-state index contributed by atoms with van der Waals surface area (Å²) in [6, 6.07) is 12.2. The Hall–Kier alpha value is -2.54. The summed E-state index contributed by atoms with van der Waals surface area (Å²) < 4.78 is 38.8. The van der Waals surface area contributed by atoms with Gasteiger partial charge in [0.05, 0.1) is 12.0 Å². The predicted molar refractivity (Wildman–Crippen MR) is 114 cm³/mol. The minimum Gasteiger partial charge on any atom is -0.497 e. The number of fused-ring (bicyclic) bond motifs is 4. The molecule has 0 N–H and O–H groups in total. The number of hydrogen-bond donors (Lipinski definition) is 0. The maximum atomic E-state index is 13.7. The molecule has 2 aromatic rings. The first-order valence-electron chi connectivity index (χ1n) is 10.1. The van der Waals surface area contributed by atoms with Crippen molar-refractivity contribution in [3.63, 3.8) is 0 Å². The van der Waals surface area contributed by atoms with Gasteiger partial charge < -0.3 is 14.4 Å². The van der Waals surface area contributed by atoms with Gasteiger partial charge in [0.1, 0.15) is 11.5 Å². The van der Waals surface area contributed by atoms with Crippen LogP contribution in [0.5, 0.6) is 11.5 Å². The Labute approximate surface area is 177 Å². The topological polar surface area (TPSA) is 72.9 Å². The third kappa shape index (κ3) is 3.07. The molecule has 30 heavy (non-hydrogen) atoms. The standard InChI is InChI=1S/C23H27NO5S/c1-14(2)15-6-9-17(10-7-15)30(26,27)21-19-13-23(3,24(4)22(21)25)29-20-11-8-16(28-5)12-18(19)20/h6-12,14,19,21H,13H2,1-5H3. The molecule has 1 fully saturated rings. The fraction of sp³-hybridized carbons (Fsp3) is 0.435. The van der Waals surface area contributed by atoms with Gasteiger partial charge in [-0.25, -0.2) is 8.42 Å². The van der Waals surface area contributed by atoms with Crippen LogP contribution in [0, 0.1) is 0 Å². The lowest BCUT2D eigenvalue weighted by Crippen LogP contribution is -2.64. The number of carbonyl (C=O) groups is 1. The molecule has 1 amide bonds. The first-order valence-corrected chi connectivity index (χ1v) is 11.6. The van der Waals surface area contributed by atoms with E-state index in [0.717, 1.165) is 5.56 Å². The Morgan fingerprint density at radius 2 is 1.83 bits per heavy atom. The largest absolute Gasteiger partial charge is 0.497 e. The summed E-state index contributed by atoms with van der Waals surface area (Å²) in [7, 11) is -0.750. The minimum absolute atomic E-state index is 0.165. The molecule has 1 saturated heterocycles. The number of rotatable bonds is 4.